The van der Waals surface area contributed by atoms with Crippen LogP contribution in [0, 0.1) is 5.82 Å². The molecule has 0 unspecified atom stereocenters. The summed E-state index contributed by atoms with van der Waals surface area (Å²) in [5.74, 6) is -1.23. The molecule has 0 bridgehead atoms. The average Bonchev–Trinajstić information content (AvgIpc) is 3.05. The minimum Gasteiger partial charge on any atom is -0.492 e. The number of rotatable bonds is 7. The zero-order chi connectivity index (χ0) is 18.5. The molecule has 0 atom stereocenters. The van der Waals surface area contributed by atoms with E-state index in [-0.39, 0.29) is 30.3 Å². The Balaban J connectivity index is 2.03. The topological polar surface area (TPSA) is 95.4 Å². The van der Waals surface area contributed by atoms with E-state index in [0.717, 1.165) is 5.56 Å². The van der Waals surface area contributed by atoms with Gasteiger partial charge in [0.15, 0.2) is 0 Å². The van der Waals surface area contributed by atoms with Crippen LogP contribution in [0.5, 0.6) is 5.75 Å². The number of nitrogens with one attached hydrogen (secondary N) is 1. The fourth-order valence-electron chi connectivity index (χ4n) is 2.53. The highest BCUT2D eigenvalue weighted by Crippen LogP contribution is 2.32. The number of hydrogen-bond donors (Lipinski definition) is 3. The summed E-state index contributed by atoms with van der Waals surface area (Å²) >= 11 is 0. The summed E-state index contributed by atoms with van der Waals surface area (Å²) in [7, 11) is 0. The number of nitrogens with zero attached hydrogens (tertiary/aromatic N) is 1. The lowest BCUT2D eigenvalue weighted by Gasteiger charge is -2.10. The molecular weight excluding hydrogens is 339 g/mol. The second kappa shape index (κ2) is 7.79. The van der Waals surface area contributed by atoms with Crippen LogP contribution >= 0.6 is 0 Å². The smallest absolute Gasteiger partial charge is 0.339 e. The predicted octanol–water partition coefficient (Wildman–Crippen LogP) is 3.33. The number of aromatic amines is 1. The number of carboxylic acids is 1. The molecule has 0 radical (unpaired) electrons. The quantitative estimate of drug-likeness (QED) is 0.565. The molecule has 0 fully saturated rings. The Morgan fingerprint density at radius 3 is 2.65 bits per heavy atom. The van der Waals surface area contributed by atoms with Crippen molar-refractivity contribution in [3.05, 3.63) is 59.0 Å². The molecule has 0 aliphatic heterocycles. The van der Waals surface area contributed by atoms with Gasteiger partial charge >= 0.3 is 5.97 Å². The molecule has 2 aromatic carbocycles. The molecule has 0 spiro atoms. The van der Waals surface area contributed by atoms with Crippen LogP contribution in [0.2, 0.25) is 0 Å². The molecule has 1 heterocycles. The second-order valence-electron chi connectivity index (χ2n) is 5.59. The number of aromatic carboxylic acids is 1. The molecule has 26 heavy (non-hydrogen) atoms. The van der Waals surface area contributed by atoms with Gasteiger partial charge in [-0.25, -0.2) is 9.18 Å². The highest BCUT2D eigenvalue weighted by atomic mass is 19.1. The van der Waals surface area contributed by atoms with Crippen molar-refractivity contribution in [2.75, 3.05) is 13.2 Å². The van der Waals surface area contributed by atoms with Gasteiger partial charge in [0.05, 0.1) is 23.2 Å². The molecule has 3 aromatic rings. The molecule has 0 aliphatic carbocycles. The number of H-pyrrole nitrogens is 1. The van der Waals surface area contributed by atoms with E-state index in [9.17, 15) is 14.3 Å². The fraction of sp³-hybridized carbons (Fsp3) is 0.158. The number of aromatic nitrogens is 2. The third-order valence-corrected chi connectivity index (χ3v) is 3.79. The van der Waals surface area contributed by atoms with Crippen LogP contribution in [0.3, 0.4) is 0 Å². The van der Waals surface area contributed by atoms with Crippen molar-refractivity contribution in [1.29, 1.82) is 0 Å². The van der Waals surface area contributed by atoms with Gasteiger partial charge in [-0.2, -0.15) is 5.10 Å². The Hall–Kier alpha value is -3.19. The van der Waals surface area contributed by atoms with E-state index in [1.54, 1.807) is 30.4 Å². The Labute approximate surface area is 148 Å². The Bertz CT molecular complexity index is 948. The van der Waals surface area contributed by atoms with Crippen molar-refractivity contribution < 1.29 is 24.1 Å². The number of fused-ring (bicyclic) bond motifs is 1. The zero-order valence-corrected chi connectivity index (χ0v) is 13.8. The predicted molar refractivity (Wildman–Crippen MR) is 95.6 cm³/mol. The SMILES string of the molecule is O=C(O)c1ccc2n[nH]c(/C=C/c3ccc(F)cc3)c2c1OCCCO. The van der Waals surface area contributed by atoms with Crippen LogP contribution in [0.4, 0.5) is 4.39 Å². The van der Waals surface area contributed by atoms with Crippen LogP contribution in [0.1, 0.15) is 28.0 Å². The number of benzene rings is 2. The molecule has 3 rings (SSSR count). The summed E-state index contributed by atoms with van der Waals surface area (Å²) in [5, 5.41) is 25.9. The van der Waals surface area contributed by atoms with Crippen molar-refractivity contribution in [3.8, 4) is 5.75 Å². The highest BCUT2D eigenvalue weighted by molar-refractivity contribution is 6.02. The van der Waals surface area contributed by atoms with Crippen molar-refractivity contribution in [2.24, 2.45) is 0 Å². The van der Waals surface area contributed by atoms with Gasteiger partial charge in [0, 0.05) is 13.0 Å². The summed E-state index contributed by atoms with van der Waals surface area (Å²) in [5.41, 5.74) is 1.94. The van der Waals surface area contributed by atoms with Crippen LogP contribution in [0.25, 0.3) is 23.1 Å². The molecule has 134 valence electrons. The lowest BCUT2D eigenvalue weighted by atomic mass is 10.1. The summed E-state index contributed by atoms with van der Waals surface area (Å²) in [4.78, 5) is 11.5. The largest absolute Gasteiger partial charge is 0.492 e. The number of aliphatic hydroxyl groups is 1. The summed E-state index contributed by atoms with van der Waals surface area (Å²) < 4.78 is 18.6. The van der Waals surface area contributed by atoms with Crippen LogP contribution in [-0.2, 0) is 0 Å². The first-order valence-corrected chi connectivity index (χ1v) is 8.02. The first-order valence-electron chi connectivity index (χ1n) is 8.02. The van der Waals surface area contributed by atoms with Crippen molar-refractivity contribution >= 4 is 29.0 Å². The zero-order valence-electron chi connectivity index (χ0n) is 13.8. The second-order valence-corrected chi connectivity index (χ2v) is 5.59. The first kappa shape index (κ1) is 17.6. The maximum atomic E-state index is 13.0. The van der Waals surface area contributed by atoms with Gasteiger partial charge < -0.3 is 14.9 Å². The van der Waals surface area contributed by atoms with E-state index in [1.807, 2.05) is 0 Å². The number of hydrogen-bond acceptors (Lipinski definition) is 4. The lowest BCUT2D eigenvalue weighted by Crippen LogP contribution is -2.06. The van der Waals surface area contributed by atoms with E-state index in [2.05, 4.69) is 10.2 Å². The standard InChI is InChI=1S/C19H17FN2O4/c20-13-5-2-12(3-6-13)4-8-15-17-16(22-21-15)9-7-14(19(24)25)18(17)26-11-1-10-23/h2-9,23H,1,10-11H2,(H,21,22)(H,24,25)/b8-4+. The third-order valence-electron chi connectivity index (χ3n) is 3.79. The normalized spacial score (nSPS) is 11.3. The van der Waals surface area contributed by atoms with Gasteiger partial charge in [-0.05, 0) is 35.9 Å². The van der Waals surface area contributed by atoms with Crippen molar-refractivity contribution in [3.63, 3.8) is 0 Å². The Morgan fingerprint density at radius 2 is 1.96 bits per heavy atom. The number of halogens is 1. The molecular formula is C19H17FN2O4. The maximum Gasteiger partial charge on any atom is 0.339 e. The minimum atomic E-state index is -1.11. The van der Waals surface area contributed by atoms with E-state index in [1.165, 1.54) is 18.2 Å². The molecule has 0 amide bonds. The molecule has 3 N–H and O–H groups in total. The molecule has 0 saturated heterocycles. The van der Waals surface area contributed by atoms with E-state index in [0.29, 0.717) is 23.0 Å². The summed E-state index contributed by atoms with van der Waals surface area (Å²) in [6.45, 7) is 0.128. The van der Waals surface area contributed by atoms with Gasteiger partial charge in [0.1, 0.15) is 17.1 Å². The van der Waals surface area contributed by atoms with Gasteiger partial charge in [0.2, 0.25) is 0 Å². The van der Waals surface area contributed by atoms with E-state index in [4.69, 9.17) is 9.84 Å². The number of carbonyl (C=O) groups is 1. The van der Waals surface area contributed by atoms with Crippen molar-refractivity contribution in [1.82, 2.24) is 10.2 Å². The van der Waals surface area contributed by atoms with Crippen LogP contribution < -0.4 is 4.74 Å². The average molecular weight is 356 g/mol. The fourth-order valence-corrected chi connectivity index (χ4v) is 2.53. The third kappa shape index (κ3) is 3.73. The van der Waals surface area contributed by atoms with Crippen LogP contribution in [0.15, 0.2) is 36.4 Å². The number of carboxylic acid groups (broad SMARTS) is 1. The van der Waals surface area contributed by atoms with Crippen molar-refractivity contribution in [2.45, 2.75) is 6.42 Å². The molecule has 0 saturated carbocycles. The Morgan fingerprint density at radius 1 is 1.19 bits per heavy atom. The minimum absolute atomic E-state index is 0.0215. The first-order chi connectivity index (χ1) is 12.6. The number of ether oxygens (including phenoxy) is 1. The molecule has 0 aliphatic rings. The Kier molecular flexibility index (Phi) is 5.28. The molecule has 6 nitrogen and oxygen atoms in total. The number of aliphatic hydroxyl groups excluding tert-OH is 1. The maximum absolute atomic E-state index is 13.0. The molecule has 7 heteroatoms. The lowest BCUT2D eigenvalue weighted by molar-refractivity contribution is 0.0692. The van der Waals surface area contributed by atoms with Gasteiger partial charge in [-0.15, -0.1) is 0 Å². The monoisotopic (exact) mass is 356 g/mol. The van der Waals surface area contributed by atoms with Gasteiger partial charge in [0.25, 0.3) is 0 Å². The molecule has 1 aromatic heterocycles. The van der Waals surface area contributed by atoms with E-state index < -0.39 is 5.97 Å². The summed E-state index contributed by atoms with van der Waals surface area (Å²) in [6.07, 6.45) is 3.87. The van der Waals surface area contributed by atoms with Gasteiger partial charge in [-0.1, -0.05) is 18.2 Å². The summed E-state index contributed by atoms with van der Waals surface area (Å²) in [6, 6.07) is 9.02. The van der Waals surface area contributed by atoms with Crippen LogP contribution in [-0.4, -0.2) is 39.6 Å². The van der Waals surface area contributed by atoms with E-state index >= 15 is 0 Å². The highest BCUT2D eigenvalue weighted by Gasteiger charge is 2.18. The van der Waals surface area contributed by atoms with Gasteiger partial charge in [-0.3, -0.25) is 5.10 Å².